The molecule has 7 aromatic rings. The third-order valence-corrected chi connectivity index (χ3v) is 7.83. The van der Waals surface area contributed by atoms with Crippen LogP contribution in [0.25, 0.3) is 55.1 Å². The van der Waals surface area contributed by atoms with Gasteiger partial charge in [-0.05, 0) is 80.6 Å². The predicted octanol–water partition coefficient (Wildman–Crippen LogP) is 10.2. The van der Waals surface area contributed by atoms with Crippen LogP contribution in [0.5, 0.6) is 0 Å². The SMILES string of the molecule is c1ccc(N(c2cccc(-c3ccc4c5c(cccc35)-c3ccccc3-4)c2)c2cccc3cccnc23)cc1. The molecule has 0 unspecified atom stereocenters. The third-order valence-electron chi connectivity index (χ3n) is 7.83. The minimum absolute atomic E-state index is 0.984. The van der Waals surface area contributed by atoms with Gasteiger partial charge in [0.15, 0.2) is 0 Å². The summed E-state index contributed by atoms with van der Waals surface area (Å²) < 4.78 is 0. The Morgan fingerprint density at radius 2 is 1.13 bits per heavy atom. The fraction of sp³-hybridized carbons (Fsp3) is 0. The molecule has 0 radical (unpaired) electrons. The van der Waals surface area contributed by atoms with Crippen molar-refractivity contribution in [2.45, 2.75) is 0 Å². The third kappa shape index (κ3) is 3.39. The molecule has 6 aromatic carbocycles. The van der Waals surface area contributed by atoms with Gasteiger partial charge < -0.3 is 4.90 Å². The molecule has 0 saturated heterocycles. The number of hydrogen-bond acceptors (Lipinski definition) is 2. The summed E-state index contributed by atoms with van der Waals surface area (Å²) in [5.41, 5.74) is 12.0. The molecule has 0 bridgehead atoms. The van der Waals surface area contributed by atoms with E-state index in [1.165, 1.54) is 44.2 Å². The normalized spacial score (nSPS) is 11.6. The number of fused-ring (bicyclic) bond motifs is 4. The standard InChI is InChI=1S/C37H24N2/c1-2-13-27(14-3-1)39(35-20-7-10-25-12-9-23-38-37(25)35)28-15-6-11-26(24-28)29-21-22-34-31-17-5-4-16-30(31)33-19-8-18-32(29)36(33)34/h1-24H. The van der Waals surface area contributed by atoms with E-state index in [9.17, 15) is 0 Å². The van der Waals surface area contributed by atoms with Gasteiger partial charge in [0.05, 0.1) is 11.2 Å². The van der Waals surface area contributed by atoms with Crippen molar-refractivity contribution in [1.82, 2.24) is 4.98 Å². The van der Waals surface area contributed by atoms with E-state index >= 15 is 0 Å². The van der Waals surface area contributed by atoms with Gasteiger partial charge >= 0.3 is 0 Å². The number of aromatic nitrogens is 1. The second kappa shape index (κ2) is 8.68. The lowest BCUT2D eigenvalue weighted by Crippen LogP contribution is -2.10. The van der Waals surface area contributed by atoms with E-state index in [-0.39, 0.29) is 0 Å². The van der Waals surface area contributed by atoms with Crippen LogP contribution in [-0.2, 0) is 0 Å². The van der Waals surface area contributed by atoms with Crippen LogP contribution in [0.3, 0.4) is 0 Å². The van der Waals surface area contributed by atoms with Crippen molar-refractivity contribution in [3.05, 3.63) is 146 Å². The maximum absolute atomic E-state index is 4.78. The molecule has 182 valence electrons. The first kappa shape index (κ1) is 21.8. The summed E-state index contributed by atoms with van der Waals surface area (Å²) in [7, 11) is 0. The summed E-state index contributed by atoms with van der Waals surface area (Å²) in [6.07, 6.45) is 1.87. The van der Waals surface area contributed by atoms with Crippen molar-refractivity contribution in [3.63, 3.8) is 0 Å². The fourth-order valence-corrected chi connectivity index (χ4v) is 6.15. The predicted molar refractivity (Wildman–Crippen MR) is 164 cm³/mol. The van der Waals surface area contributed by atoms with Crippen LogP contribution in [0.2, 0.25) is 0 Å². The number of benzene rings is 6. The van der Waals surface area contributed by atoms with Gasteiger partial charge in [-0.2, -0.15) is 0 Å². The summed E-state index contributed by atoms with van der Waals surface area (Å²) in [6, 6.07) is 50.0. The van der Waals surface area contributed by atoms with Crippen LogP contribution in [-0.4, -0.2) is 4.98 Å². The molecular formula is C37H24N2. The molecule has 1 heterocycles. The first-order valence-corrected chi connectivity index (χ1v) is 13.3. The van der Waals surface area contributed by atoms with Gasteiger partial charge in [-0.3, -0.25) is 4.98 Å². The molecule has 1 aromatic heterocycles. The fourth-order valence-electron chi connectivity index (χ4n) is 6.15. The lowest BCUT2D eigenvalue weighted by Gasteiger charge is -2.27. The van der Waals surface area contributed by atoms with Crippen LogP contribution >= 0.6 is 0 Å². The van der Waals surface area contributed by atoms with Crippen molar-refractivity contribution >= 4 is 38.7 Å². The van der Waals surface area contributed by atoms with E-state index in [1.807, 2.05) is 12.3 Å². The molecule has 0 atom stereocenters. The number of hydrogen-bond donors (Lipinski definition) is 0. The van der Waals surface area contributed by atoms with Crippen molar-refractivity contribution in [2.75, 3.05) is 4.90 Å². The maximum atomic E-state index is 4.78. The topological polar surface area (TPSA) is 16.1 Å². The summed E-state index contributed by atoms with van der Waals surface area (Å²) in [5.74, 6) is 0. The van der Waals surface area contributed by atoms with Gasteiger partial charge in [-0.15, -0.1) is 0 Å². The number of para-hydroxylation sites is 2. The first-order chi connectivity index (χ1) is 19.4. The molecule has 0 N–H and O–H groups in total. The molecular weight excluding hydrogens is 472 g/mol. The van der Waals surface area contributed by atoms with Crippen molar-refractivity contribution in [3.8, 4) is 33.4 Å². The molecule has 1 aliphatic rings. The second-order valence-electron chi connectivity index (χ2n) is 10.0. The quantitative estimate of drug-likeness (QED) is 0.241. The highest BCUT2D eigenvalue weighted by atomic mass is 15.1. The zero-order chi connectivity index (χ0) is 25.8. The summed E-state index contributed by atoms with van der Waals surface area (Å²) >= 11 is 0. The highest BCUT2D eigenvalue weighted by molar-refractivity contribution is 6.18. The molecule has 0 fully saturated rings. The number of anilines is 3. The van der Waals surface area contributed by atoms with Gasteiger partial charge in [0.1, 0.15) is 0 Å². The van der Waals surface area contributed by atoms with Crippen LogP contribution in [0, 0.1) is 0 Å². The van der Waals surface area contributed by atoms with E-state index in [0.717, 1.165) is 28.0 Å². The minimum atomic E-state index is 0.984. The summed E-state index contributed by atoms with van der Waals surface area (Å²) in [4.78, 5) is 7.09. The van der Waals surface area contributed by atoms with Crippen molar-refractivity contribution < 1.29 is 0 Å². The van der Waals surface area contributed by atoms with Gasteiger partial charge in [0.2, 0.25) is 0 Å². The number of rotatable bonds is 4. The number of pyridine rings is 1. The molecule has 1 aliphatic carbocycles. The Bertz CT molecular complexity index is 1990. The summed E-state index contributed by atoms with van der Waals surface area (Å²) in [5, 5.41) is 3.76. The molecule has 0 amide bonds. The highest BCUT2D eigenvalue weighted by Crippen LogP contribution is 2.49. The van der Waals surface area contributed by atoms with E-state index in [0.29, 0.717) is 0 Å². The van der Waals surface area contributed by atoms with Crippen molar-refractivity contribution in [2.24, 2.45) is 0 Å². The molecule has 8 rings (SSSR count). The second-order valence-corrected chi connectivity index (χ2v) is 10.0. The average Bonchev–Trinajstić information content (AvgIpc) is 3.34. The lowest BCUT2D eigenvalue weighted by molar-refractivity contribution is 1.28. The molecule has 2 nitrogen and oxygen atoms in total. The molecule has 0 aliphatic heterocycles. The largest absolute Gasteiger partial charge is 0.308 e. The average molecular weight is 497 g/mol. The molecule has 0 spiro atoms. The Morgan fingerprint density at radius 3 is 2.00 bits per heavy atom. The zero-order valence-corrected chi connectivity index (χ0v) is 21.3. The molecule has 0 saturated carbocycles. The van der Waals surface area contributed by atoms with Gasteiger partial charge in [0, 0.05) is 23.0 Å². The first-order valence-electron chi connectivity index (χ1n) is 13.3. The van der Waals surface area contributed by atoms with Crippen LogP contribution < -0.4 is 4.90 Å². The van der Waals surface area contributed by atoms with E-state index < -0.39 is 0 Å². The molecule has 39 heavy (non-hydrogen) atoms. The number of nitrogens with zero attached hydrogens (tertiary/aromatic N) is 2. The Balaban J connectivity index is 1.34. The van der Waals surface area contributed by atoms with E-state index in [4.69, 9.17) is 4.98 Å². The highest BCUT2D eigenvalue weighted by Gasteiger charge is 2.23. The van der Waals surface area contributed by atoms with E-state index in [1.54, 1.807) is 0 Å². The Hall–Kier alpha value is -5.21. The van der Waals surface area contributed by atoms with Gasteiger partial charge in [-0.1, -0.05) is 103 Å². The maximum Gasteiger partial charge on any atom is 0.0942 e. The minimum Gasteiger partial charge on any atom is -0.308 e. The van der Waals surface area contributed by atoms with Crippen LogP contribution in [0.1, 0.15) is 0 Å². The van der Waals surface area contributed by atoms with Crippen LogP contribution in [0.4, 0.5) is 17.1 Å². The zero-order valence-electron chi connectivity index (χ0n) is 21.3. The monoisotopic (exact) mass is 496 g/mol. The lowest BCUT2D eigenvalue weighted by atomic mass is 9.94. The molecule has 2 heteroatoms. The van der Waals surface area contributed by atoms with E-state index in [2.05, 4.69) is 138 Å². The van der Waals surface area contributed by atoms with Crippen LogP contribution in [0.15, 0.2) is 146 Å². The Morgan fingerprint density at radius 1 is 0.462 bits per heavy atom. The Labute approximate surface area is 227 Å². The Kier molecular flexibility index (Phi) is 4.86. The smallest absolute Gasteiger partial charge is 0.0942 e. The van der Waals surface area contributed by atoms with Gasteiger partial charge in [0.25, 0.3) is 0 Å². The van der Waals surface area contributed by atoms with Gasteiger partial charge in [-0.25, -0.2) is 0 Å². The summed E-state index contributed by atoms with van der Waals surface area (Å²) in [6.45, 7) is 0. The van der Waals surface area contributed by atoms with Crippen molar-refractivity contribution in [1.29, 1.82) is 0 Å².